The molecule has 0 aromatic heterocycles. The number of fused-ring (bicyclic) bond motifs is 1. The summed E-state index contributed by atoms with van der Waals surface area (Å²) in [4.78, 5) is 0. The molecule has 2 nitrogen and oxygen atoms in total. The Morgan fingerprint density at radius 2 is 2.12 bits per heavy atom. The first kappa shape index (κ1) is 11.3. The monoisotopic (exact) mass is 231 g/mol. The van der Waals surface area contributed by atoms with E-state index in [1.165, 1.54) is 6.07 Å². The topological polar surface area (TPSA) is 35.2 Å². The highest BCUT2D eigenvalue weighted by Crippen LogP contribution is 2.40. The molecule has 1 unspecified atom stereocenters. The van der Waals surface area contributed by atoms with E-state index in [1.807, 2.05) is 0 Å². The molecule has 1 atom stereocenters. The first-order chi connectivity index (χ1) is 7.52. The summed E-state index contributed by atoms with van der Waals surface area (Å²) < 4.78 is 43.4. The lowest BCUT2D eigenvalue weighted by molar-refractivity contribution is -0.139. The Hall–Kier alpha value is -1.23. The van der Waals surface area contributed by atoms with Gasteiger partial charge in [0, 0.05) is 6.54 Å². The molecule has 0 saturated heterocycles. The summed E-state index contributed by atoms with van der Waals surface area (Å²) in [6.07, 6.45) is -3.43. The standard InChI is InChI=1S/C11H12F3NO/c12-11(13,14)9-3-1-2-7-4-5-8(6-15)16-10(7)9/h1-3,8H,4-6,15H2. The van der Waals surface area contributed by atoms with Crippen molar-refractivity contribution in [3.05, 3.63) is 29.3 Å². The highest BCUT2D eigenvalue weighted by atomic mass is 19.4. The minimum absolute atomic E-state index is 0.0447. The Bertz CT molecular complexity index is 389. The maximum Gasteiger partial charge on any atom is 0.419 e. The number of aryl methyl sites for hydroxylation is 1. The Balaban J connectivity index is 2.42. The maximum absolute atomic E-state index is 12.7. The number of alkyl halides is 3. The lowest BCUT2D eigenvalue weighted by Gasteiger charge is -2.27. The molecule has 0 bridgehead atoms. The summed E-state index contributed by atoms with van der Waals surface area (Å²) in [5.41, 5.74) is 5.32. The summed E-state index contributed by atoms with van der Waals surface area (Å²) in [6.45, 7) is 0.242. The highest BCUT2D eigenvalue weighted by Gasteiger charge is 2.36. The quantitative estimate of drug-likeness (QED) is 0.805. The minimum Gasteiger partial charge on any atom is -0.488 e. The van der Waals surface area contributed by atoms with Gasteiger partial charge in [0.15, 0.2) is 0 Å². The zero-order chi connectivity index (χ0) is 11.8. The lowest BCUT2D eigenvalue weighted by Crippen LogP contribution is -2.31. The summed E-state index contributed by atoms with van der Waals surface area (Å²) in [7, 11) is 0. The van der Waals surface area contributed by atoms with Gasteiger partial charge < -0.3 is 10.5 Å². The fourth-order valence-corrected chi connectivity index (χ4v) is 1.85. The summed E-state index contributed by atoms with van der Waals surface area (Å²) >= 11 is 0. The van der Waals surface area contributed by atoms with E-state index in [1.54, 1.807) is 6.07 Å². The van der Waals surface area contributed by atoms with E-state index in [0.29, 0.717) is 18.4 Å². The van der Waals surface area contributed by atoms with Crippen LogP contribution in [-0.2, 0) is 12.6 Å². The zero-order valence-electron chi connectivity index (χ0n) is 8.55. The number of benzene rings is 1. The van der Waals surface area contributed by atoms with E-state index in [-0.39, 0.29) is 18.4 Å². The van der Waals surface area contributed by atoms with Gasteiger partial charge in [0.2, 0.25) is 0 Å². The fraction of sp³-hybridized carbons (Fsp3) is 0.455. The smallest absolute Gasteiger partial charge is 0.419 e. The van der Waals surface area contributed by atoms with Crippen molar-refractivity contribution >= 4 is 0 Å². The molecule has 0 radical (unpaired) electrons. The van der Waals surface area contributed by atoms with Gasteiger partial charge in [-0.2, -0.15) is 13.2 Å². The second-order valence-electron chi connectivity index (χ2n) is 3.81. The van der Waals surface area contributed by atoms with E-state index in [4.69, 9.17) is 10.5 Å². The van der Waals surface area contributed by atoms with E-state index in [9.17, 15) is 13.2 Å². The Labute approximate surface area is 91.2 Å². The summed E-state index contributed by atoms with van der Waals surface area (Å²) in [5, 5.41) is 0. The number of hydrogen-bond donors (Lipinski definition) is 1. The molecule has 5 heteroatoms. The van der Waals surface area contributed by atoms with Crippen LogP contribution < -0.4 is 10.5 Å². The molecule has 0 spiro atoms. The first-order valence-corrected chi connectivity index (χ1v) is 5.08. The molecule has 2 N–H and O–H groups in total. The van der Waals surface area contributed by atoms with Crippen molar-refractivity contribution in [2.45, 2.75) is 25.1 Å². The van der Waals surface area contributed by atoms with Crippen LogP contribution in [0.5, 0.6) is 5.75 Å². The number of rotatable bonds is 1. The third kappa shape index (κ3) is 2.00. The fourth-order valence-electron chi connectivity index (χ4n) is 1.85. The van der Waals surface area contributed by atoms with Crippen molar-refractivity contribution in [3.8, 4) is 5.75 Å². The summed E-state index contributed by atoms with van der Waals surface area (Å²) in [6, 6.07) is 4.11. The van der Waals surface area contributed by atoms with Gasteiger partial charge in [0.25, 0.3) is 0 Å². The van der Waals surface area contributed by atoms with Crippen molar-refractivity contribution < 1.29 is 17.9 Å². The Morgan fingerprint density at radius 1 is 1.38 bits per heavy atom. The number of ether oxygens (including phenoxy) is 1. The molecular formula is C11H12F3NO. The molecule has 1 aliphatic rings. The number of hydrogen-bond acceptors (Lipinski definition) is 2. The van der Waals surface area contributed by atoms with Gasteiger partial charge in [-0.25, -0.2) is 0 Å². The number of halogens is 3. The van der Waals surface area contributed by atoms with Crippen LogP contribution in [0.2, 0.25) is 0 Å². The Morgan fingerprint density at radius 3 is 2.75 bits per heavy atom. The zero-order valence-corrected chi connectivity index (χ0v) is 8.55. The molecule has 0 aliphatic carbocycles. The second-order valence-corrected chi connectivity index (χ2v) is 3.81. The molecule has 0 fully saturated rings. The Kier molecular flexibility index (Phi) is 2.80. The molecular weight excluding hydrogens is 219 g/mol. The molecule has 1 aliphatic heterocycles. The van der Waals surface area contributed by atoms with Crippen molar-refractivity contribution in [2.24, 2.45) is 5.73 Å². The third-order valence-electron chi connectivity index (χ3n) is 2.69. The van der Waals surface area contributed by atoms with Crippen LogP contribution in [0, 0.1) is 0 Å². The van der Waals surface area contributed by atoms with Crippen molar-refractivity contribution in [2.75, 3.05) is 6.54 Å². The predicted molar refractivity (Wildman–Crippen MR) is 53.2 cm³/mol. The normalized spacial score (nSPS) is 20.1. The highest BCUT2D eigenvalue weighted by molar-refractivity contribution is 5.44. The van der Waals surface area contributed by atoms with Gasteiger partial charge in [-0.3, -0.25) is 0 Å². The molecule has 1 heterocycles. The van der Waals surface area contributed by atoms with Crippen LogP contribution in [-0.4, -0.2) is 12.6 Å². The van der Waals surface area contributed by atoms with Gasteiger partial charge in [0.1, 0.15) is 11.9 Å². The maximum atomic E-state index is 12.7. The molecule has 1 aromatic carbocycles. The second kappa shape index (κ2) is 3.97. The van der Waals surface area contributed by atoms with Crippen molar-refractivity contribution in [1.82, 2.24) is 0 Å². The van der Waals surface area contributed by atoms with Crippen LogP contribution >= 0.6 is 0 Å². The number of para-hydroxylation sites is 1. The summed E-state index contributed by atoms with van der Waals surface area (Å²) in [5.74, 6) is -0.0447. The van der Waals surface area contributed by atoms with E-state index >= 15 is 0 Å². The van der Waals surface area contributed by atoms with Gasteiger partial charge in [0.05, 0.1) is 5.56 Å². The third-order valence-corrected chi connectivity index (χ3v) is 2.69. The van der Waals surface area contributed by atoms with Crippen LogP contribution in [0.4, 0.5) is 13.2 Å². The van der Waals surface area contributed by atoms with Gasteiger partial charge in [-0.05, 0) is 24.5 Å². The van der Waals surface area contributed by atoms with Gasteiger partial charge in [-0.1, -0.05) is 12.1 Å². The minimum atomic E-state index is -4.37. The van der Waals surface area contributed by atoms with Gasteiger partial charge in [-0.15, -0.1) is 0 Å². The predicted octanol–water partition coefficient (Wildman–Crippen LogP) is 2.36. The van der Waals surface area contributed by atoms with E-state index in [0.717, 1.165) is 6.07 Å². The van der Waals surface area contributed by atoms with E-state index in [2.05, 4.69) is 0 Å². The molecule has 16 heavy (non-hydrogen) atoms. The van der Waals surface area contributed by atoms with E-state index < -0.39 is 11.7 Å². The van der Waals surface area contributed by atoms with Crippen molar-refractivity contribution in [3.63, 3.8) is 0 Å². The van der Waals surface area contributed by atoms with Crippen LogP contribution in [0.15, 0.2) is 18.2 Å². The number of nitrogens with two attached hydrogens (primary N) is 1. The van der Waals surface area contributed by atoms with Gasteiger partial charge >= 0.3 is 6.18 Å². The van der Waals surface area contributed by atoms with Crippen LogP contribution in [0.3, 0.4) is 0 Å². The van der Waals surface area contributed by atoms with Crippen LogP contribution in [0.25, 0.3) is 0 Å². The molecule has 0 saturated carbocycles. The SMILES string of the molecule is NCC1CCc2cccc(C(F)(F)F)c2O1. The average molecular weight is 231 g/mol. The lowest BCUT2D eigenvalue weighted by atomic mass is 9.99. The molecule has 1 aromatic rings. The molecule has 2 rings (SSSR count). The molecule has 0 amide bonds. The first-order valence-electron chi connectivity index (χ1n) is 5.08. The van der Waals surface area contributed by atoms with Crippen LogP contribution in [0.1, 0.15) is 17.5 Å². The van der Waals surface area contributed by atoms with Crippen molar-refractivity contribution in [1.29, 1.82) is 0 Å². The molecule has 88 valence electrons. The average Bonchev–Trinajstić information content (AvgIpc) is 2.26. The largest absolute Gasteiger partial charge is 0.488 e.